The van der Waals surface area contributed by atoms with Crippen molar-refractivity contribution < 1.29 is 4.74 Å². The van der Waals surface area contributed by atoms with Gasteiger partial charge in [0.05, 0.1) is 0 Å². The predicted octanol–water partition coefficient (Wildman–Crippen LogP) is 3.38. The van der Waals surface area contributed by atoms with E-state index in [0.29, 0.717) is 18.2 Å². The number of halogens is 1. The number of ether oxygens (including phenoxy) is 1. The van der Waals surface area contributed by atoms with Gasteiger partial charge >= 0.3 is 0 Å². The van der Waals surface area contributed by atoms with Crippen LogP contribution in [0.25, 0.3) is 0 Å². The van der Waals surface area contributed by atoms with E-state index in [1.54, 1.807) is 6.07 Å². The van der Waals surface area contributed by atoms with Gasteiger partial charge in [0, 0.05) is 17.1 Å². The maximum absolute atomic E-state index is 5.90. The van der Waals surface area contributed by atoms with Crippen molar-refractivity contribution in [2.24, 2.45) is 5.73 Å². The van der Waals surface area contributed by atoms with Crippen molar-refractivity contribution in [3.8, 4) is 5.75 Å². The molecule has 0 fully saturated rings. The van der Waals surface area contributed by atoms with Gasteiger partial charge in [-0.3, -0.25) is 0 Å². The first-order chi connectivity index (χ1) is 8.29. The lowest BCUT2D eigenvalue weighted by Crippen LogP contribution is -2.02. The van der Waals surface area contributed by atoms with E-state index in [2.05, 4.69) is 0 Å². The van der Waals surface area contributed by atoms with E-state index in [9.17, 15) is 0 Å². The van der Waals surface area contributed by atoms with Crippen LogP contribution in [0.2, 0.25) is 5.02 Å². The van der Waals surface area contributed by atoms with Crippen molar-refractivity contribution in [3.63, 3.8) is 0 Å². The molecule has 0 saturated carbocycles. The van der Waals surface area contributed by atoms with Crippen LogP contribution in [0.5, 0.6) is 5.75 Å². The van der Waals surface area contributed by atoms with Crippen LogP contribution in [0.3, 0.4) is 0 Å². The maximum atomic E-state index is 5.90. The molecule has 0 saturated heterocycles. The van der Waals surface area contributed by atoms with Gasteiger partial charge in [-0.2, -0.15) is 0 Å². The van der Waals surface area contributed by atoms with E-state index in [1.165, 1.54) is 0 Å². The average molecular weight is 248 g/mol. The van der Waals surface area contributed by atoms with Crippen LogP contribution in [0, 0.1) is 0 Å². The van der Waals surface area contributed by atoms with Gasteiger partial charge in [0.15, 0.2) is 0 Å². The lowest BCUT2D eigenvalue weighted by Gasteiger charge is -2.10. The van der Waals surface area contributed by atoms with E-state index >= 15 is 0 Å². The summed E-state index contributed by atoms with van der Waals surface area (Å²) in [7, 11) is 0. The molecule has 0 heterocycles. The van der Waals surface area contributed by atoms with Crippen molar-refractivity contribution in [2.45, 2.75) is 13.2 Å². The minimum absolute atomic E-state index is 0.421. The van der Waals surface area contributed by atoms with Gasteiger partial charge < -0.3 is 10.5 Å². The lowest BCUT2D eigenvalue weighted by atomic mass is 10.2. The second-order valence-corrected chi connectivity index (χ2v) is 4.17. The SMILES string of the molecule is NCc1cc(Cl)ccc1OCc1ccccc1. The molecule has 0 bridgehead atoms. The predicted molar refractivity (Wildman–Crippen MR) is 70.1 cm³/mol. The summed E-state index contributed by atoms with van der Waals surface area (Å²) in [6.07, 6.45) is 0. The zero-order valence-corrected chi connectivity index (χ0v) is 10.2. The zero-order valence-electron chi connectivity index (χ0n) is 9.40. The van der Waals surface area contributed by atoms with Crippen LogP contribution in [-0.2, 0) is 13.2 Å². The fourth-order valence-corrected chi connectivity index (χ4v) is 1.78. The van der Waals surface area contributed by atoms with Gasteiger partial charge in [-0.25, -0.2) is 0 Å². The topological polar surface area (TPSA) is 35.2 Å². The first-order valence-electron chi connectivity index (χ1n) is 5.45. The van der Waals surface area contributed by atoms with Crippen LogP contribution < -0.4 is 10.5 Å². The maximum Gasteiger partial charge on any atom is 0.124 e. The fourth-order valence-electron chi connectivity index (χ4n) is 1.58. The average Bonchev–Trinajstić information content (AvgIpc) is 2.38. The number of rotatable bonds is 4. The minimum atomic E-state index is 0.421. The smallest absolute Gasteiger partial charge is 0.124 e. The van der Waals surface area contributed by atoms with Crippen molar-refractivity contribution in [1.29, 1.82) is 0 Å². The molecule has 0 radical (unpaired) electrons. The summed E-state index contributed by atoms with van der Waals surface area (Å²) in [5.41, 5.74) is 7.70. The van der Waals surface area contributed by atoms with Gasteiger partial charge in [0.25, 0.3) is 0 Å². The van der Waals surface area contributed by atoms with E-state index in [4.69, 9.17) is 22.1 Å². The van der Waals surface area contributed by atoms with E-state index < -0.39 is 0 Å². The second-order valence-electron chi connectivity index (χ2n) is 3.73. The summed E-state index contributed by atoms with van der Waals surface area (Å²) in [5, 5.41) is 0.678. The van der Waals surface area contributed by atoms with Crippen LogP contribution >= 0.6 is 11.6 Å². The highest BCUT2D eigenvalue weighted by molar-refractivity contribution is 6.30. The Morgan fingerprint density at radius 3 is 2.53 bits per heavy atom. The molecule has 0 aliphatic rings. The number of hydrogen-bond acceptors (Lipinski definition) is 2. The molecule has 3 heteroatoms. The number of hydrogen-bond donors (Lipinski definition) is 1. The number of benzene rings is 2. The molecule has 17 heavy (non-hydrogen) atoms. The number of nitrogens with two attached hydrogens (primary N) is 1. The Kier molecular flexibility index (Phi) is 4.02. The van der Waals surface area contributed by atoms with Crippen molar-refractivity contribution >= 4 is 11.6 Å². The summed E-state index contributed by atoms with van der Waals surface area (Å²) in [5.74, 6) is 0.792. The standard InChI is InChI=1S/C14H14ClNO/c15-13-6-7-14(12(8-13)9-16)17-10-11-4-2-1-3-5-11/h1-8H,9-10,16H2. The quantitative estimate of drug-likeness (QED) is 0.899. The monoisotopic (exact) mass is 247 g/mol. The molecule has 2 nitrogen and oxygen atoms in total. The summed E-state index contributed by atoms with van der Waals surface area (Å²) < 4.78 is 5.73. The highest BCUT2D eigenvalue weighted by atomic mass is 35.5. The summed E-state index contributed by atoms with van der Waals surface area (Å²) in [4.78, 5) is 0. The van der Waals surface area contributed by atoms with E-state index in [-0.39, 0.29) is 0 Å². The Bertz CT molecular complexity index is 485. The molecule has 0 spiro atoms. The first-order valence-corrected chi connectivity index (χ1v) is 5.82. The molecule has 0 aromatic heterocycles. The Labute approximate surface area is 106 Å². The van der Waals surface area contributed by atoms with Crippen LogP contribution in [0.15, 0.2) is 48.5 Å². The molecular formula is C14H14ClNO. The largest absolute Gasteiger partial charge is 0.489 e. The van der Waals surface area contributed by atoms with E-state index in [1.807, 2.05) is 42.5 Å². The Morgan fingerprint density at radius 1 is 1.06 bits per heavy atom. The Morgan fingerprint density at radius 2 is 1.82 bits per heavy atom. The van der Waals surface area contributed by atoms with Crippen LogP contribution in [-0.4, -0.2) is 0 Å². The third-order valence-electron chi connectivity index (χ3n) is 2.48. The highest BCUT2D eigenvalue weighted by Crippen LogP contribution is 2.23. The molecule has 2 aromatic rings. The van der Waals surface area contributed by atoms with Crippen LogP contribution in [0.1, 0.15) is 11.1 Å². The second kappa shape index (κ2) is 5.71. The summed E-state index contributed by atoms with van der Waals surface area (Å²) >= 11 is 5.90. The third-order valence-corrected chi connectivity index (χ3v) is 2.71. The summed E-state index contributed by atoms with van der Waals surface area (Å²) in [6.45, 7) is 0.958. The third kappa shape index (κ3) is 3.22. The molecule has 88 valence electrons. The fraction of sp³-hybridized carbons (Fsp3) is 0.143. The van der Waals surface area contributed by atoms with Gasteiger partial charge in [-0.15, -0.1) is 0 Å². The molecule has 2 rings (SSSR count). The minimum Gasteiger partial charge on any atom is -0.489 e. The van der Waals surface area contributed by atoms with Gasteiger partial charge in [-0.05, 0) is 23.8 Å². The van der Waals surface area contributed by atoms with Gasteiger partial charge in [-0.1, -0.05) is 41.9 Å². The molecular weight excluding hydrogens is 234 g/mol. The molecule has 2 aromatic carbocycles. The zero-order chi connectivity index (χ0) is 12.1. The molecule has 2 N–H and O–H groups in total. The molecule has 0 atom stereocenters. The van der Waals surface area contributed by atoms with E-state index in [0.717, 1.165) is 16.9 Å². The first kappa shape index (κ1) is 12.0. The molecule has 0 aliphatic heterocycles. The lowest BCUT2D eigenvalue weighted by molar-refractivity contribution is 0.303. The summed E-state index contributed by atoms with van der Waals surface area (Å²) in [6, 6.07) is 15.5. The van der Waals surface area contributed by atoms with Gasteiger partial charge in [0.2, 0.25) is 0 Å². The Balaban J connectivity index is 2.09. The normalized spacial score (nSPS) is 10.2. The Hall–Kier alpha value is -1.51. The van der Waals surface area contributed by atoms with Crippen LogP contribution in [0.4, 0.5) is 0 Å². The molecule has 0 unspecified atom stereocenters. The van der Waals surface area contributed by atoms with Crippen molar-refractivity contribution in [2.75, 3.05) is 0 Å². The molecule has 0 aliphatic carbocycles. The molecule has 0 amide bonds. The van der Waals surface area contributed by atoms with Gasteiger partial charge in [0.1, 0.15) is 12.4 Å². The highest BCUT2D eigenvalue weighted by Gasteiger charge is 2.03. The van der Waals surface area contributed by atoms with Crippen molar-refractivity contribution in [1.82, 2.24) is 0 Å². The van der Waals surface area contributed by atoms with Crippen molar-refractivity contribution in [3.05, 3.63) is 64.7 Å².